The minimum atomic E-state index is -0.749. The molecule has 0 atom stereocenters. The van der Waals surface area contributed by atoms with Gasteiger partial charge in [-0.2, -0.15) is 0 Å². The van der Waals surface area contributed by atoms with Crippen LogP contribution in [0.25, 0.3) is 6.08 Å². The molecule has 0 saturated heterocycles. The van der Waals surface area contributed by atoms with Crippen LogP contribution in [0, 0.1) is 0 Å². The Morgan fingerprint density at radius 2 is 2.00 bits per heavy atom. The zero-order valence-electron chi connectivity index (χ0n) is 8.94. The van der Waals surface area contributed by atoms with Crippen LogP contribution in [0.3, 0.4) is 0 Å². The fraction of sp³-hybridized carbons (Fsp3) is 0.308. The quantitative estimate of drug-likeness (QED) is 0.800. The second kappa shape index (κ2) is 6.02. The first kappa shape index (κ1) is 11.5. The second-order valence-corrected chi connectivity index (χ2v) is 3.43. The summed E-state index contributed by atoms with van der Waals surface area (Å²) in [6, 6.07) is 8.29. The van der Waals surface area contributed by atoms with Gasteiger partial charge in [-0.25, -0.2) is 0 Å². The minimum absolute atomic E-state index is 0.198. The standard InChI is InChI=1S/C13H16O2/c1-2-11-7-9-12(10-8-11)5-3-4-6-13(14)15/h3,5,7-10H,2,4,6H2,1H3,(H,14,15). The van der Waals surface area contributed by atoms with Gasteiger partial charge in [0.25, 0.3) is 0 Å². The van der Waals surface area contributed by atoms with E-state index in [0.29, 0.717) is 6.42 Å². The summed E-state index contributed by atoms with van der Waals surface area (Å²) in [4.78, 5) is 10.3. The lowest BCUT2D eigenvalue weighted by molar-refractivity contribution is -0.136. The summed E-state index contributed by atoms with van der Waals surface area (Å²) in [7, 11) is 0. The smallest absolute Gasteiger partial charge is 0.303 e. The minimum Gasteiger partial charge on any atom is -0.481 e. The van der Waals surface area contributed by atoms with E-state index in [0.717, 1.165) is 12.0 Å². The van der Waals surface area contributed by atoms with E-state index >= 15 is 0 Å². The lowest BCUT2D eigenvalue weighted by Crippen LogP contribution is -1.91. The number of rotatable bonds is 5. The van der Waals surface area contributed by atoms with Crippen LogP contribution in [-0.4, -0.2) is 11.1 Å². The van der Waals surface area contributed by atoms with Crippen molar-refractivity contribution in [3.63, 3.8) is 0 Å². The van der Waals surface area contributed by atoms with Crippen molar-refractivity contribution in [3.8, 4) is 0 Å². The Morgan fingerprint density at radius 3 is 2.53 bits per heavy atom. The summed E-state index contributed by atoms with van der Waals surface area (Å²) in [6.07, 6.45) is 5.69. The van der Waals surface area contributed by atoms with Crippen molar-refractivity contribution < 1.29 is 9.90 Å². The molecule has 0 radical (unpaired) electrons. The van der Waals surface area contributed by atoms with E-state index in [2.05, 4.69) is 31.2 Å². The molecule has 1 N–H and O–H groups in total. The van der Waals surface area contributed by atoms with Gasteiger partial charge in [0.05, 0.1) is 0 Å². The molecule has 1 aromatic rings. The molecule has 0 amide bonds. The summed E-state index contributed by atoms with van der Waals surface area (Å²) in [5, 5.41) is 8.45. The van der Waals surface area contributed by atoms with Crippen LogP contribution >= 0.6 is 0 Å². The second-order valence-electron chi connectivity index (χ2n) is 3.43. The molecule has 0 aliphatic heterocycles. The van der Waals surface area contributed by atoms with Gasteiger partial charge in [0.1, 0.15) is 0 Å². The molecular formula is C13H16O2. The van der Waals surface area contributed by atoms with Gasteiger partial charge in [0.15, 0.2) is 0 Å². The highest BCUT2D eigenvalue weighted by Gasteiger charge is 1.92. The lowest BCUT2D eigenvalue weighted by atomic mass is 10.1. The maximum Gasteiger partial charge on any atom is 0.303 e. The Morgan fingerprint density at radius 1 is 1.33 bits per heavy atom. The summed E-state index contributed by atoms with van der Waals surface area (Å²) >= 11 is 0. The number of carbonyl (C=O) groups is 1. The molecule has 2 nitrogen and oxygen atoms in total. The van der Waals surface area contributed by atoms with Gasteiger partial charge in [-0.05, 0) is 24.0 Å². The molecule has 0 unspecified atom stereocenters. The molecule has 0 aromatic heterocycles. The van der Waals surface area contributed by atoms with Crippen LogP contribution in [-0.2, 0) is 11.2 Å². The Hall–Kier alpha value is -1.57. The largest absolute Gasteiger partial charge is 0.481 e. The summed E-state index contributed by atoms with van der Waals surface area (Å²) in [5.41, 5.74) is 2.44. The highest BCUT2D eigenvalue weighted by molar-refractivity contribution is 5.67. The third-order valence-electron chi connectivity index (χ3n) is 2.22. The molecule has 0 aliphatic rings. The molecule has 0 fully saturated rings. The maximum absolute atomic E-state index is 10.3. The Kier molecular flexibility index (Phi) is 4.61. The van der Waals surface area contributed by atoms with Crippen LogP contribution in [0.5, 0.6) is 0 Å². The van der Waals surface area contributed by atoms with Crippen LogP contribution in [0.2, 0.25) is 0 Å². The van der Waals surface area contributed by atoms with Gasteiger partial charge in [-0.15, -0.1) is 0 Å². The summed E-state index contributed by atoms with van der Waals surface area (Å²) in [6.45, 7) is 2.12. The number of allylic oxidation sites excluding steroid dienone is 1. The predicted octanol–water partition coefficient (Wildman–Crippen LogP) is 3.13. The molecule has 80 valence electrons. The molecule has 1 rings (SSSR count). The van der Waals surface area contributed by atoms with Gasteiger partial charge in [0, 0.05) is 6.42 Å². The summed E-state index contributed by atoms with van der Waals surface area (Å²) < 4.78 is 0. The van der Waals surface area contributed by atoms with Crippen molar-refractivity contribution >= 4 is 12.0 Å². The molecule has 0 heterocycles. The normalized spacial score (nSPS) is 10.7. The van der Waals surface area contributed by atoms with Crippen molar-refractivity contribution in [2.75, 3.05) is 0 Å². The number of hydrogen-bond acceptors (Lipinski definition) is 1. The fourth-order valence-electron chi connectivity index (χ4n) is 1.29. The number of aliphatic carboxylic acids is 1. The average molecular weight is 204 g/mol. The van der Waals surface area contributed by atoms with Crippen molar-refractivity contribution in [2.45, 2.75) is 26.2 Å². The van der Waals surface area contributed by atoms with E-state index in [1.807, 2.05) is 12.2 Å². The number of aryl methyl sites for hydroxylation is 1. The zero-order chi connectivity index (χ0) is 11.1. The van der Waals surface area contributed by atoms with Gasteiger partial charge in [-0.1, -0.05) is 43.3 Å². The first-order chi connectivity index (χ1) is 7.22. The van der Waals surface area contributed by atoms with Gasteiger partial charge >= 0.3 is 5.97 Å². The molecule has 1 aromatic carbocycles. The molecule has 0 spiro atoms. The third kappa shape index (κ3) is 4.45. The highest BCUT2D eigenvalue weighted by atomic mass is 16.4. The van der Waals surface area contributed by atoms with Gasteiger partial charge in [-0.3, -0.25) is 4.79 Å². The monoisotopic (exact) mass is 204 g/mol. The number of carboxylic acids is 1. The Labute approximate surface area is 90.3 Å². The third-order valence-corrected chi connectivity index (χ3v) is 2.22. The first-order valence-corrected chi connectivity index (χ1v) is 5.19. The Bertz CT molecular complexity index is 336. The van der Waals surface area contributed by atoms with Crippen LogP contribution in [0.1, 0.15) is 30.9 Å². The van der Waals surface area contributed by atoms with E-state index in [1.54, 1.807) is 0 Å². The van der Waals surface area contributed by atoms with E-state index in [9.17, 15) is 4.79 Å². The number of carboxylic acid groups (broad SMARTS) is 1. The van der Waals surface area contributed by atoms with Crippen molar-refractivity contribution in [1.29, 1.82) is 0 Å². The van der Waals surface area contributed by atoms with Crippen molar-refractivity contribution in [1.82, 2.24) is 0 Å². The first-order valence-electron chi connectivity index (χ1n) is 5.19. The molecular weight excluding hydrogens is 188 g/mol. The number of hydrogen-bond donors (Lipinski definition) is 1. The van der Waals surface area contributed by atoms with Crippen molar-refractivity contribution in [3.05, 3.63) is 41.5 Å². The SMILES string of the molecule is CCc1ccc(C=CCCC(=O)O)cc1. The van der Waals surface area contributed by atoms with E-state index in [4.69, 9.17) is 5.11 Å². The van der Waals surface area contributed by atoms with E-state index in [1.165, 1.54) is 5.56 Å². The van der Waals surface area contributed by atoms with Crippen LogP contribution < -0.4 is 0 Å². The molecule has 0 saturated carbocycles. The summed E-state index contributed by atoms with van der Waals surface area (Å²) in [5.74, 6) is -0.749. The lowest BCUT2D eigenvalue weighted by Gasteiger charge is -1.96. The fourth-order valence-corrected chi connectivity index (χ4v) is 1.29. The maximum atomic E-state index is 10.3. The highest BCUT2D eigenvalue weighted by Crippen LogP contribution is 2.07. The van der Waals surface area contributed by atoms with E-state index in [-0.39, 0.29) is 6.42 Å². The van der Waals surface area contributed by atoms with Gasteiger partial charge < -0.3 is 5.11 Å². The molecule has 2 heteroatoms. The predicted molar refractivity (Wildman–Crippen MR) is 61.7 cm³/mol. The van der Waals surface area contributed by atoms with Crippen molar-refractivity contribution in [2.24, 2.45) is 0 Å². The topological polar surface area (TPSA) is 37.3 Å². The van der Waals surface area contributed by atoms with E-state index < -0.39 is 5.97 Å². The molecule has 0 bridgehead atoms. The zero-order valence-corrected chi connectivity index (χ0v) is 8.94. The van der Waals surface area contributed by atoms with Crippen LogP contribution in [0.15, 0.2) is 30.3 Å². The molecule has 0 aliphatic carbocycles. The molecule has 15 heavy (non-hydrogen) atoms. The Balaban J connectivity index is 2.46. The number of benzene rings is 1. The average Bonchev–Trinajstić information content (AvgIpc) is 2.25. The van der Waals surface area contributed by atoms with Gasteiger partial charge in [0.2, 0.25) is 0 Å². The van der Waals surface area contributed by atoms with Crippen LogP contribution in [0.4, 0.5) is 0 Å².